The largest absolute Gasteiger partial charge is 0.251 e. The summed E-state index contributed by atoms with van der Waals surface area (Å²) >= 11 is 16.2. The molecule has 0 unspecified atom stereocenters. The van der Waals surface area contributed by atoms with E-state index >= 15 is 0 Å². The molecule has 0 spiro atoms. The number of fused-ring (bicyclic) bond motifs is 2. The van der Waals surface area contributed by atoms with E-state index in [2.05, 4.69) is 20.9 Å². The van der Waals surface area contributed by atoms with Gasteiger partial charge in [-0.1, -0.05) is 39.1 Å². The molecule has 1 aliphatic rings. The van der Waals surface area contributed by atoms with Crippen molar-refractivity contribution in [3.63, 3.8) is 0 Å². The molecule has 88 valence electrons. The minimum absolute atomic E-state index is 0.657. The van der Waals surface area contributed by atoms with Crippen molar-refractivity contribution >= 4 is 50.0 Å². The molecule has 17 heavy (non-hydrogen) atoms. The molecular weight excluding hydrogens is 321 g/mol. The third-order valence-electron chi connectivity index (χ3n) is 3.22. The van der Waals surface area contributed by atoms with Crippen LogP contribution in [0.25, 0.3) is 10.9 Å². The van der Waals surface area contributed by atoms with E-state index in [0.29, 0.717) is 5.02 Å². The van der Waals surface area contributed by atoms with Crippen molar-refractivity contribution in [1.29, 1.82) is 0 Å². The van der Waals surface area contributed by atoms with E-state index < -0.39 is 0 Å². The van der Waals surface area contributed by atoms with Crippen LogP contribution in [-0.2, 0) is 12.8 Å². The fraction of sp³-hybridized carbons (Fsp3) is 0.308. The lowest BCUT2D eigenvalue weighted by Crippen LogP contribution is -2.06. The van der Waals surface area contributed by atoms with E-state index in [4.69, 9.17) is 23.2 Å². The van der Waals surface area contributed by atoms with Gasteiger partial charge in [-0.25, -0.2) is 0 Å². The number of rotatable bonds is 0. The lowest BCUT2D eigenvalue weighted by atomic mass is 9.94. The maximum Gasteiger partial charge on any atom is 0.0907 e. The molecule has 1 heterocycles. The van der Waals surface area contributed by atoms with Crippen LogP contribution in [0.1, 0.15) is 24.1 Å². The number of pyridine rings is 1. The van der Waals surface area contributed by atoms with E-state index in [0.717, 1.165) is 38.9 Å². The van der Waals surface area contributed by atoms with Gasteiger partial charge in [-0.15, -0.1) is 0 Å². The molecule has 0 saturated carbocycles. The molecule has 2 aromatic rings. The highest BCUT2D eigenvalue weighted by Gasteiger charge is 2.18. The van der Waals surface area contributed by atoms with Crippen molar-refractivity contribution in [3.05, 3.63) is 37.9 Å². The molecule has 4 heteroatoms. The Morgan fingerprint density at radius 3 is 2.71 bits per heavy atom. The van der Waals surface area contributed by atoms with E-state index in [1.807, 2.05) is 12.1 Å². The second kappa shape index (κ2) is 4.42. The lowest BCUT2D eigenvalue weighted by Gasteiger charge is -2.18. The summed E-state index contributed by atoms with van der Waals surface area (Å²) in [5, 5.41) is 2.43. The zero-order valence-electron chi connectivity index (χ0n) is 9.06. The third-order valence-corrected chi connectivity index (χ3v) is 4.39. The molecule has 1 aromatic heterocycles. The first kappa shape index (κ1) is 11.8. The van der Waals surface area contributed by atoms with Crippen LogP contribution in [-0.4, -0.2) is 4.98 Å². The summed E-state index contributed by atoms with van der Waals surface area (Å²) in [6.45, 7) is 0. The summed E-state index contributed by atoms with van der Waals surface area (Å²) in [7, 11) is 0. The molecule has 0 saturated heterocycles. The van der Waals surface area contributed by atoms with Crippen LogP contribution < -0.4 is 0 Å². The van der Waals surface area contributed by atoms with Crippen LogP contribution in [0.2, 0.25) is 10.0 Å². The maximum atomic E-state index is 6.48. The monoisotopic (exact) mass is 329 g/mol. The molecule has 0 aliphatic heterocycles. The van der Waals surface area contributed by atoms with Gasteiger partial charge in [0.05, 0.1) is 15.6 Å². The van der Waals surface area contributed by atoms with Crippen LogP contribution in [0, 0.1) is 0 Å². The lowest BCUT2D eigenvalue weighted by molar-refractivity contribution is 0.671. The van der Waals surface area contributed by atoms with Crippen LogP contribution in [0.3, 0.4) is 0 Å². The summed E-state index contributed by atoms with van der Waals surface area (Å²) in [4.78, 5) is 4.68. The Morgan fingerprint density at radius 2 is 1.88 bits per heavy atom. The number of aryl methyl sites for hydroxylation is 1. The van der Waals surface area contributed by atoms with Crippen LogP contribution in [0.4, 0.5) is 0 Å². The van der Waals surface area contributed by atoms with Gasteiger partial charge in [0.25, 0.3) is 0 Å². The first-order chi connectivity index (χ1) is 8.16. The number of hydrogen-bond donors (Lipinski definition) is 0. The van der Waals surface area contributed by atoms with Crippen LogP contribution in [0.5, 0.6) is 0 Å². The fourth-order valence-corrected chi connectivity index (χ4v) is 3.59. The molecule has 1 aromatic carbocycles. The second-order valence-electron chi connectivity index (χ2n) is 4.34. The van der Waals surface area contributed by atoms with Crippen LogP contribution >= 0.6 is 39.1 Å². The van der Waals surface area contributed by atoms with Gasteiger partial charge in [0, 0.05) is 15.6 Å². The first-order valence-electron chi connectivity index (χ1n) is 5.63. The van der Waals surface area contributed by atoms with Gasteiger partial charge < -0.3 is 0 Å². The minimum Gasteiger partial charge on any atom is -0.251 e. The fourth-order valence-electron chi connectivity index (χ4n) is 2.39. The second-order valence-corrected chi connectivity index (χ2v) is 6.04. The van der Waals surface area contributed by atoms with Gasteiger partial charge in [-0.2, -0.15) is 0 Å². The molecule has 0 fully saturated rings. The SMILES string of the molecule is Clc1c2c(nc3c(Cl)cc(Br)cc13)CCCC2. The number of aromatic nitrogens is 1. The number of nitrogens with zero attached hydrogens (tertiary/aromatic N) is 1. The number of halogens is 3. The molecule has 3 rings (SSSR count). The van der Waals surface area contributed by atoms with Gasteiger partial charge >= 0.3 is 0 Å². The Balaban J connectivity index is 2.40. The molecule has 1 nitrogen and oxygen atoms in total. The van der Waals surface area contributed by atoms with Gasteiger partial charge in [0.1, 0.15) is 0 Å². The molecule has 0 amide bonds. The van der Waals surface area contributed by atoms with E-state index in [1.54, 1.807) is 0 Å². The molecule has 0 bridgehead atoms. The highest BCUT2D eigenvalue weighted by molar-refractivity contribution is 9.10. The van der Waals surface area contributed by atoms with Crippen molar-refractivity contribution in [2.24, 2.45) is 0 Å². The number of benzene rings is 1. The van der Waals surface area contributed by atoms with E-state index in [1.165, 1.54) is 18.4 Å². The Kier molecular flexibility index (Phi) is 3.06. The molecule has 0 radical (unpaired) electrons. The maximum absolute atomic E-state index is 6.48. The Morgan fingerprint density at radius 1 is 1.12 bits per heavy atom. The highest BCUT2D eigenvalue weighted by atomic mass is 79.9. The summed E-state index contributed by atoms with van der Waals surface area (Å²) in [6, 6.07) is 3.86. The van der Waals surface area contributed by atoms with E-state index in [9.17, 15) is 0 Å². The van der Waals surface area contributed by atoms with Gasteiger partial charge in [-0.3, -0.25) is 4.98 Å². The Bertz CT molecular complexity index is 610. The number of hydrogen-bond acceptors (Lipinski definition) is 1. The Hall–Kier alpha value is -0.310. The highest BCUT2D eigenvalue weighted by Crippen LogP contribution is 2.36. The van der Waals surface area contributed by atoms with Crippen LogP contribution in [0.15, 0.2) is 16.6 Å². The van der Waals surface area contributed by atoms with Gasteiger partial charge in [-0.05, 0) is 43.4 Å². The zero-order chi connectivity index (χ0) is 12.0. The predicted molar refractivity (Wildman–Crippen MR) is 76.1 cm³/mol. The first-order valence-corrected chi connectivity index (χ1v) is 7.17. The zero-order valence-corrected chi connectivity index (χ0v) is 12.2. The molecule has 0 N–H and O–H groups in total. The molecule has 1 aliphatic carbocycles. The predicted octanol–water partition coefficient (Wildman–Crippen LogP) is 5.18. The van der Waals surface area contributed by atoms with Crippen molar-refractivity contribution in [3.8, 4) is 0 Å². The average Bonchev–Trinajstić information content (AvgIpc) is 2.31. The topological polar surface area (TPSA) is 12.9 Å². The molecular formula is C13H10BrCl2N. The summed E-state index contributed by atoms with van der Waals surface area (Å²) in [5.74, 6) is 0. The van der Waals surface area contributed by atoms with Crippen molar-refractivity contribution in [2.45, 2.75) is 25.7 Å². The molecule has 0 atom stereocenters. The standard InChI is InChI=1S/C13H10BrCl2N/c14-7-5-9-12(16)8-3-1-2-4-11(8)17-13(9)10(15)6-7/h5-6H,1-4H2. The quantitative estimate of drug-likeness (QED) is 0.648. The van der Waals surface area contributed by atoms with Crippen molar-refractivity contribution in [1.82, 2.24) is 4.98 Å². The van der Waals surface area contributed by atoms with Gasteiger partial charge in [0.2, 0.25) is 0 Å². The summed E-state index contributed by atoms with van der Waals surface area (Å²) in [6.07, 6.45) is 4.43. The van der Waals surface area contributed by atoms with Gasteiger partial charge in [0.15, 0.2) is 0 Å². The summed E-state index contributed by atoms with van der Waals surface area (Å²) < 4.78 is 0.939. The Labute approximate surface area is 118 Å². The third kappa shape index (κ3) is 1.96. The smallest absolute Gasteiger partial charge is 0.0907 e. The van der Waals surface area contributed by atoms with Crippen molar-refractivity contribution < 1.29 is 0 Å². The summed E-state index contributed by atoms with van der Waals surface area (Å²) in [5.41, 5.74) is 3.15. The van der Waals surface area contributed by atoms with Crippen molar-refractivity contribution in [2.75, 3.05) is 0 Å². The van der Waals surface area contributed by atoms with E-state index in [-0.39, 0.29) is 0 Å². The average molecular weight is 331 g/mol. The normalized spacial score (nSPS) is 15.0. The minimum atomic E-state index is 0.657.